The maximum absolute atomic E-state index is 12.2. The lowest BCUT2D eigenvalue weighted by molar-refractivity contribution is -0.121. The molecule has 1 N–H and O–H groups in total. The fourth-order valence-corrected chi connectivity index (χ4v) is 3.20. The third-order valence-corrected chi connectivity index (χ3v) is 5.15. The summed E-state index contributed by atoms with van der Waals surface area (Å²) in [6.07, 6.45) is 1.35. The van der Waals surface area contributed by atoms with Crippen molar-refractivity contribution in [3.63, 3.8) is 0 Å². The zero-order valence-corrected chi connectivity index (χ0v) is 14.5. The van der Waals surface area contributed by atoms with Gasteiger partial charge in [-0.3, -0.25) is 4.79 Å². The topological polar surface area (TPSA) is 102 Å². The molecule has 0 bridgehead atoms. The highest BCUT2D eigenvalue weighted by Gasteiger charge is 2.19. The van der Waals surface area contributed by atoms with Crippen molar-refractivity contribution in [2.45, 2.75) is 49.8 Å². The van der Waals surface area contributed by atoms with Crippen molar-refractivity contribution in [2.24, 2.45) is 0 Å². The summed E-state index contributed by atoms with van der Waals surface area (Å²) >= 11 is 0. The monoisotopic (exact) mass is 351 g/mol. The van der Waals surface area contributed by atoms with Gasteiger partial charge < -0.3 is 9.84 Å². The molecule has 0 aliphatic heterocycles. The van der Waals surface area contributed by atoms with E-state index >= 15 is 0 Å². The molecule has 1 aromatic heterocycles. The second-order valence-corrected chi connectivity index (χ2v) is 7.54. The zero-order valence-electron chi connectivity index (χ0n) is 13.7. The highest BCUT2D eigenvalue weighted by Crippen LogP contribution is 2.14. The van der Waals surface area contributed by atoms with Gasteiger partial charge in [0.05, 0.1) is 4.90 Å². The first-order chi connectivity index (χ1) is 11.4. The SMILES string of the molecule is CC[C@@H](C)NC(=O)CCc1nc(CS(=O)(=O)c2ccccc2)no1. The largest absolute Gasteiger partial charge is 0.354 e. The Morgan fingerprint density at radius 3 is 2.67 bits per heavy atom. The number of nitrogens with zero attached hydrogens (tertiary/aromatic N) is 2. The van der Waals surface area contributed by atoms with Gasteiger partial charge in [-0.25, -0.2) is 8.42 Å². The van der Waals surface area contributed by atoms with Crippen molar-refractivity contribution in [3.8, 4) is 0 Å². The van der Waals surface area contributed by atoms with Crippen LogP contribution >= 0.6 is 0 Å². The van der Waals surface area contributed by atoms with Crippen LogP contribution in [0.5, 0.6) is 0 Å². The van der Waals surface area contributed by atoms with Gasteiger partial charge in [0.2, 0.25) is 11.8 Å². The van der Waals surface area contributed by atoms with E-state index in [1.807, 2.05) is 13.8 Å². The predicted molar refractivity (Wildman–Crippen MR) is 87.8 cm³/mol. The van der Waals surface area contributed by atoms with Gasteiger partial charge >= 0.3 is 0 Å². The summed E-state index contributed by atoms with van der Waals surface area (Å²) in [7, 11) is -3.51. The fourth-order valence-electron chi connectivity index (χ4n) is 2.00. The van der Waals surface area contributed by atoms with E-state index in [4.69, 9.17) is 4.52 Å². The van der Waals surface area contributed by atoms with Crippen LogP contribution in [0, 0.1) is 0 Å². The molecular weight excluding hydrogens is 330 g/mol. The molecular formula is C16H21N3O4S. The van der Waals surface area contributed by atoms with Gasteiger partial charge in [-0.05, 0) is 25.5 Å². The normalized spacial score (nSPS) is 12.8. The minimum Gasteiger partial charge on any atom is -0.354 e. The van der Waals surface area contributed by atoms with Crippen LogP contribution in [0.15, 0.2) is 39.8 Å². The third-order valence-electron chi connectivity index (χ3n) is 3.52. The first kappa shape index (κ1) is 18.1. The van der Waals surface area contributed by atoms with Crippen molar-refractivity contribution in [2.75, 3.05) is 0 Å². The second kappa shape index (κ2) is 8.05. The second-order valence-electron chi connectivity index (χ2n) is 5.55. The van der Waals surface area contributed by atoms with Gasteiger partial charge in [-0.1, -0.05) is 30.3 Å². The molecule has 0 radical (unpaired) electrons. The Balaban J connectivity index is 1.93. The van der Waals surface area contributed by atoms with E-state index in [0.717, 1.165) is 6.42 Å². The molecule has 1 aromatic carbocycles. The molecule has 0 spiro atoms. The van der Waals surface area contributed by atoms with E-state index in [2.05, 4.69) is 15.5 Å². The number of sulfone groups is 1. The number of rotatable bonds is 8. The minimum absolute atomic E-state index is 0.0937. The number of carbonyl (C=O) groups excluding carboxylic acids is 1. The molecule has 2 aromatic rings. The van der Waals surface area contributed by atoms with Crippen LogP contribution < -0.4 is 5.32 Å². The predicted octanol–water partition coefficient (Wildman–Crippen LogP) is 1.89. The van der Waals surface area contributed by atoms with Gasteiger partial charge in [-0.15, -0.1) is 0 Å². The molecule has 8 heteroatoms. The van der Waals surface area contributed by atoms with E-state index in [0.29, 0.717) is 0 Å². The van der Waals surface area contributed by atoms with Crippen molar-refractivity contribution >= 4 is 15.7 Å². The number of hydrogen-bond donors (Lipinski definition) is 1. The Hall–Kier alpha value is -2.22. The molecule has 0 saturated carbocycles. The fraction of sp³-hybridized carbons (Fsp3) is 0.438. The third kappa shape index (κ3) is 5.16. The number of hydrogen-bond acceptors (Lipinski definition) is 6. The Labute approximate surface area is 141 Å². The van der Waals surface area contributed by atoms with Crippen molar-refractivity contribution in [1.82, 2.24) is 15.5 Å². The van der Waals surface area contributed by atoms with E-state index in [1.165, 1.54) is 12.1 Å². The number of nitrogens with one attached hydrogen (secondary N) is 1. The Bertz CT molecular complexity index is 772. The molecule has 0 aliphatic carbocycles. The standard InChI is InChI=1S/C16H21N3O4S/c1-3-12(2)17-15(20)9-10-16-18-14(19-23-16)11-24(21,22)13-7-5-4-6-8-13/h4-8,12H,3,9-11H2,1-2H3,(H,17,20)/t12-/m1/s1. The van der Waals surface area contributed by atoms with Crippen LogP contribution in [0.4, 0.5) is 0 Å². The van der Waals surface area contributed by atoms with E-state index < -0.39 is 9.84 Å². The minimum atomic E-state index is -3.51. The number of aryl methyl sites for hydroxylation is 1. The molecule has 130 valence electrons. The summed E-state index contributed by atoms with van der Waals surface area (Å²) in [5.41, 5.74) is 0. The summed E-state index contributed by atoms with van der Waals surface area (Å²) in [6.45, 7) is 3.92. The quantitative estimate of drug-likeness (QED) is 0.779. The Morgan fingerprint density at radius 1 is 1.29 bits per heavy atom. The zero-order chi connectivity index (χ0) is 17.6. The lowest BCUT2D eigenvalue weighted by Crippen LogP contribution is -2.32. The summed E-state index contributed by atoms with van der Waals surface area (Å²) in [5.74, 6) is -0.0793. The molecule has 1 atom stereocenters. The lowest BCUT2D eigenvalue weighted by Gasteiger charge is -2.10. The number of amides is 1. The Kier molecular flexibility index (Phi) is 6.08. The number of aromatic nitrogens is 2. The summed E-state index contributed by atoms with van der Waals surface area (Å²) in [5, 5.41) is 6.53. The molecule has 1 heterocycles. The van der Waals surface area contributed by atoms with Crippen LogP contribution in [0.3, 0.4) is 0 Å². The molecule has 7 nitrogen and oxygen atoms in total. The number of carbonyl (C=O) groups is 1. The van der Waals surface area contributed by atoms with Gasteiger partial charge in [0, 0.05) is 18.9 Å². The van der Waals surface area contributed by atoms with Gasteiger partial charge in [0.25, 0.3) is 0 Å². The maximum atomic E-state index is 12.2. The highest BCUT2D eigenvalue weighted by atomic mass is 32.2. The van der Waals surface area contributed by atoms with Crippen molar-refractivity contribution in [1.29, 1.82) is 0 Å². The van der Waals surface area contributed by atoms with Crippen LogP contribution in [0.2, 0.25) is 0 Å². The molecule has 24 heavy (non-hydrogen) atoms. The van der Waals surface area contributed by atoms with Crippen molar-refractivity contribution in [3.05, 3.63) is 42.0 Å². The van der Waals surface area contributed by atoms with Crippen LogP contribution in [0.1, 0.15) is 38.4 Å². The van der Waals surface area contributed by atoms with Crippen LogP contribution in [0.25, 0.3) is 0 Å². The number of benzene rings is 1. The van der Waals surface area contributed by atoms with Crippen LogP contribution in [-0.2, 0) is 26.8 Å². The molecule has 2 rings (SSSR count). The van der Waals surface area contributed by atoms with Gasteiger partial charge in [0.15, 0.2) is 15.7 Å². The molecule has 0 saturated heterocycles. The smallest absolute Gasteiger partial charge is 0.227 e. The van der Waals surface area contributed by atoms with E-state index in [-0.39, 0.29) is 47.2 Å². The van der Waals surface area contributed by atoms with Crippen LogP contribution in [-0.4, -0.2) is 30.5 Å². The van der Waals surface area contributed by atoms with Gasteiger partial charge in [-0.2, -0.15) is 4.98 Å². The first-order valence-corrected chi connectivity index (χ1v) is 9.44. The molecule has 1 amide bonds. The van der Waals surface area contributed by atoms with E-state index in [1.54, 1.807) is 18.2 Å². The summed E-state index contributed by atoms with van der Waals surface area (Å²) in [4.78, 5) is 16.0. The first-order valence-electron chi connectivity index (χ1n) is 7.79. The van der Waals surface area contributed by atoms with Crippen molar-refractivity contribution < 1.29 is 17.7 Å². The van der Waals surface area contributed by atoms with Gasteiger partial charge in [0.1, 0.15) is 5.75 Å². The van der Waals surface area contributed by atoms with E-state index in [9.17, 15) is 13.2 Å². The highest BCUT2D eigenvalue weighted by molar-refractivity contribution is 7.90. The Morgan fingerprint density at radius 2 is 2.00 bits per heavy atom. The molecule has 0 aliphatic rings. The summed E-state index contributed by atoms with van der Waals surface area (Å²) in [6, 6.07) is 8.22. The lowest BCUT2D eigenvalue weighted by atomic mass is 10.2. The average Bonchev–Trinajstić information content (AvgIpc) is 3.00. The average molecular weight is 351 g/mol. The maximum Gasteiger partial charge on any atom is 0.227 e. The molecule has 0 fully saturated rings. The summed E-state index contributed by atoms with van der Waals surface area (Å²) < 4.78 is 29.5. The molecule has 0 unspecified atom stereocenters.